The molecule has 2 heterocycles. The van der Waals surface area contributed by atoms with Gasteiger partial charge in [0, 0.05) is 21.2 Å². The number of nitrogens with zero attached hydrogens (tertiary/aromatic N) is 4. The second kappa shape index (κ2) is 8.52. The largest absolute Gasteiger partial charge is 0.400 e. The molecule has 1 fully saturated rings. The third kappa shape index (κ3) is 3.81. The Kier molecular flexibility index (Phi) is 5.91. The van der Waals surface area contributed by atoms with Gasteiger partial charge in [0.1, 0.15) is 16.1 Å². The number of aromatic nitrogens is 4. The van der Waals surface area contributed by atoms with Crippen molar-refractivity contribution >= 4 is 46.1 Å². The van der Waals surface area contributed by atoms with Gasteiger partial charge in [-0.1, -0.05) is 64.7 Å². The van der Waals surface area contributed by atoms with E-state index in [2.05, 4.69) is 10.2 Å². The Labute approximate surface area is 212 Å². The zero-order valence-corrected chi connectivity index (χ0v) is 20.7. The highest BCUT2D eigenvalue weighted by molar-refractivity contribution is 7.14. The van der Waals surface area contributed by atoms with Crippen molar-refractivity contribution < 1.29 is 13.2 Å². The average molecular weight is 544 g/mol. The summed E-state index contributed by atoms with van der Waals surface area (Å²) in [7, 11) is 0. The molecule has 5 rings (SSSR count). The van der Waals surface area contributed by atoms with Gasteiger partial charge in [0.05, 0.1) is 16.4 Å². The van der Waals surface area contributed by atoms with Crippen LogP contribution in [0.2, 0.25) is 15.1 Å². The molecule has 176 valence electrons. The fourth-order valence-corrected chi connectivity index (χ4v) is 5.90. The monoisotopic (exact) mass is 542 g/mol. The molecule has 11 heteroatoms. The van der Waals surface area contributed by atoms with Crippen LogP contribution < -0.4 is 0 Å². The lowest BCUT2D eigenvalue weighted by Gasteiger charge is -2.40. The van der Waals surface area contributed by atoms with E-state index < -0.39 is 11.6 Å². The first-order valence-corrected chi connectivity index (χ1v) is 12.3. The Morgan fingerprint density at radius 1 is 0.971 bits per heavy atom. The molecule has 4 aromatic rings. The standard InChI is InChI=1S/C23H16Cl3F3N4S/c1-12-18(20-30-31-21(34-20)22(9-2-10-22)23(27,28)29)32-33(17-8-7-15(25)11-16(17)26)19(12)13-3-5-14(24)6-4-13/h3-8,11H,2,9-10H2,1H3. The molecule has 0 saturated heterocycles. The van der Waals surface area contributed by atoms with Gasteiger partial charge in [-0.3, -0.25) is 0 Å². The average Bonchev–Trinajstić information content (AvgIpc) is 3.32. The third-order valence-corrected chi connectivity index (χ3v) is 8.09. The van der Waals surface area contributed by atoms with Crippen molar-refractivity contribution in [1.82, 2.24) is 20.0 Å². The first kappa shape index (κ1) is 23.6. The molecule has 0 spiro atoms. The van der Waals surface area contributed by atoms with E-state index in [9.17, 15) is 13.2 Å². The number of alkyl halides is 3. The van der Waals surface area contributed by atoms with Crippen molar-refractivity contribution in [3.63, 3.8) is 0 Å². The number of rotatable bonds is 4. The third-order valence-electron chi connectivity index (χ3n) is 6.16. The van der Waals surface area contributed by atoms with Crippen LogP contribution in [0.3, 0.4) is 0 Å². The highest BCUT2D eigenvalue weighted by Crippen LogP contribution is 2.55. The minimum atomic E-state index is -4.37. The Morgan fingerprint density at radius 3 is 2.24 bits per heavy atom. The molecule has 2 aromatic carbocycles. The lowest BCUT2D eigenvalue weighted by atomic mass is 9.68. The SMILES string of the molecule is Cc1c(-c2nnc(C3(C(F)(F)F)CCC3)s2)nn(-c2ccc(Cl)cc2Cl)c1-c1ccc(Cl)cc1. The second-order valence-electron chi connectivity index (χ2n) is 8.18. The van der Waals surface area contributed by atoms with E-state index in [1.165, 1.54) is 0 Å². The minimum Gasteiger partial charge on any atom is -0.231 e. The van der Waals surface area contributed by atoms with Gasteiger partial charge in [0.2, 0.25) is 0 Å². The van der Waals surface area contributed by atoms with Crippen LogP contribution in [0.5, 0.6) is 0 Å². The molecule has 4 nitrogen and oxygen atoms in total. The molecular formula is C23H16Cl3F3N4S. The van der Waals surface area contributed by atoms with Crippen LogP contribution in [0.15, 0.2) is 42.5 Å². The topological polar surface area (TPSA) is 43.6 Å². The maximum Gasteiger partial charge on any atom is 0.400 e. The van der Waals surface area contributed by atoms with Crippen molar-refractivity contribution in [3.05, 3.63) is 68.1 Å². The summed E-state index contributed by atoms with van der Waals surface area (Å²) in [4.78, 5) is 0. The summed E-state index contributed by atoms with van der Waals surface area (Å²) in [5, 5.41) is 14.5. The zero-order valence-electron chi connectivity index (χ0n) is 17.6. The molecule has 0 amide bonds. The molecule has 0 atom stereocenters. The molecule has 1 saturated carbocycles. The van der Waals surface area contributed by atoms with Gasteiger partial charge >= 0.3 is 6.18 Å². The summed E-state index contributed by atoms with van der Waals surface area (Å²) in [6.45, 7) is 1.84. The van der Waals surface area contributed by atoms with Crippen LogP contribution in [-0.4, -0.2) is 26.2 Å². The van der Waals surface area contributed by atoms with Gasteiger partial charge in [-0.2, -0.15) is 18.3 Å². The van der Waals surface area contributed by atoms with E-state index in [4.69, 9.17) is 39.9 Å². The predicted octanol–water partition coefficient (Wildman–Crippen LogP) is 8.31. The number of hydrogen-bond acceptors (Lipinski definition) is 4. The van der Waals surface area contributed by atoms with Gasteiger partial charge in [0.15, 0.2) is 5.01 Å². The minimum absolute atomic E-state index is 0.0206. The van der Waals surface area contributed by atoms with Crippen molar-refractivity contribution in [2.75, 3.05) is 0 Å². The predicted molar refractivity (Wildman–Crippen MR) is 129 cm³/mol. The first-order chi connectivity index (χ1) is 16.1. The van der Waals surface area contributed by atoms with Crippen molar-refractivity contribution in [2.24, 2.45) is 0 Å². The fraction of sp³-hybridized carbons (Fsp3) is 0.261. The molecule has 0 bridgehead atoms. The number of hydrogen-bond donors (Lipinski definition) is 0. The van der Waals surface area contributed by atoms with E-state index in [1.807, 2.05) is 19.1 Å². The zero-order chi connectivity index (χ0) is 24.3. The number of halogens is 6. The van der Waals surface area contributed by atoms with Gasteiger partial charge in [0.25, 0.3) is 0 Å². The summed E-state index contributed by atoms with van der Waals surface area (Å²) >= 11 is 19.6. The van der Waals surface area contributed by atoms with E-state index in [-0.39, 0.29) is 17.8 Å². The Bertz CT molecular complexity index is 1380. The van der Waals surface area contributed by atoms with Gasteiger partial charge in [-0.15, -0.1) is 10.2 Å². The van der Waals surface area contributed by atoms with Crippen LogP contribution in [-0.2, 0) is 5.41 Å². The molecule has 2 aromatic heterocycles. The van der Waals surface area contributed by atoms with Crippen molar-refractivity contribution in [1.29, 1.82) is 0 Å². The maximum atomic E-state index is 13.8. The first-order valence-electron chi connectivity index (χ1n) is 10.3. The highest BCUT2D eigenvalue weighted by Gasteiger charge is 2.61. The van der Waals surface area contributed by atoms with E-state index in [0.717, 1.165) is 22.5 Å². The maximum absolute atomic E-state index is 13.8. The van der Waals surface area contributed by atoms with Crippen LogP contribution in [0.25, 0.3) is 27.6 Å². The lowest BCUT2D eigenvalue weighted by Crippen LogP contribution is -2.47. The van der Waals surface area contributed by atoms with E-state index in [1.54, 1.807) is 35.0 Å². The lowest BCUT2D eigenvalue weighted by molar-refractivity contribution is -0.212. The summed E-state index contributed by atoms with van der Waals surface area (Å²) < 4.78 is 43.2. The van der Waals surface area contributed by atoms with Crippen LogP contribution in [0.1, 0.15) is 29.8 Å². The Hall–Kier alpha value is -2.13. The molecule has 0 unspecified atom stereocenters. The quantitative estimate of drug-likeness (QED) is 0.260. The van der Waals surface area contributed by atoms with Gasteiger partial charge in [-0.25, -0.2) is 4.68 Å². The highest BCUT2D eigenvalue weighted by atomic mass is 35.5. The number of benzene rings is 2. The van der Waals surface area contributed by atoms with E-state index >= 15 is 0 Å². The molecule has 0 aliphatic heterocycles. The molecule has 0 radical (unpaired) electrons. The van der Waals surface area contributed by atoms with Crippen LogP contribution in [0.4, 0.5) is 13.2 Å². The summed E-state index contributed by atoms with van der Waals surface area (Å²) in [5.74, 6) is 0. The van der Waals surface area contributed by atoms with Crippen molar-refractivity contribution in [3.8, 4) is 27.6 Å². The van der Waals surface area contributed by atoms with Crippen LogP contribution in [0, 0.1) is 6.92 Å². The second-order valence-corrected chi connectivity index (χ2v) is 10.4. The van der Waals surface area contributed by atoms with Crippen LogP contribution >= 0.6 is 46.1 Å². The summed E-state index contributed by atoms with van der Waals surface area (Å²) in [6, 6.07) is 12.2. The molecule has 34 heavy (non-hydrogen) atoms. The van der Waals surface area contributed by atoms with Gasteiger partial charge in [-0.05, 0) is 50.1 Å². The van der Waals surface area contributed by atoms with Gasteiger partial charge < -0.3 is 0 Å². The molecule has 1 aliphatic rings. The molecule has 1 aliphatic carbocycles. The summed E-state index contributed by atoms with van der Waals surface area (Å²) in [6.07, 6.45) is -3.82. The normalized spacial score (nSPS) is 15.4. The van der Waals surface area contributed by atoms with Crippen molar-refractivity contribution in [2.45, 2.75) is 37.8 Å². The Balaban J connectivity index is 1.68. The fourth-order valence-electron chi connectivity index (χ4n) is 4.13. The Morgan fingerprint density at radius 2 is 1.65 bits per heavy atom. The molecular weight excluding hydrogens is 528 g/mol. The molecule has 0 N–H and O–H groups in total. The summed E-state index contributed by atoms with van der Waals surface area (Å²) in [5.41, 5.74) is 1.34. The van der Waals surface area contributed by atoms with E-state index in [0.29, 0.717) is 43.6 Å². The smallest absolute Gasteiger partial charge is 0.231 e.